The summed E-state index contributed by atoms with van der Waals surface area (Å²) in [7, 11) is 0. The van der Waals surface area contributed by atoms with Gasteiger partial charge in [-0.2, -0.15) is 0 Å². The van der Waals surface area contributed by atoms with E-state index in [-0.39, 0.29) is 6.54 Å². The minimum atomic E-state index is -1.30. The van der Waals surface area contributed by atoms with Crippen LogP contribution in [0.3, 0.4) is 0 Å². The first kappa shape index (κ1) is 14.8. The van der Waals surface area contributed by atoms with Crippen molar-refractivity contribution in [2.24, 2.45) is 0 Å². The Hall–Kier alpha value is -3.09. The number of para-hydroxylation sites is 1. The topological polar surface area (TPSA) is 91.7 Å². The minimum absolute atomic E-state index is 0.321. The molecule has 0 spiro atoms. The molecule has 1 fully saturated rings. The van der Waals surface area contributed by atoms with E-state index in [0.717, 1.165) is 4.90 Å². The van der Waals surface area contributed by atoms with Crippen molar-refractivity contribution in [1.29, 1.82) is 0 Å². The zero-order valence-corrected chi connectivity index (χ0v) is 12.4. The number of benzene rings is 1. The molecular weight excluding hydrogens is 298 g/mol. The van der Waals surface area contributed by atoms with E-state index in [1.54, 1.807) is 43.3 Å². The molecule has 0 saturated carbocycles. The monoisotopic (exact) mass is 313 g/mol. The summed E-state index contributed by atoms with van der Waals surface area (Å²) in [5.74, 6) is -0.661. The normalized spacial score (nSPS) is 20.5. The quantitative estimate of drug-likeness (QED) is 0.840. The van der Waals surface area contributed by atoms with Gasteiger partial charge in [-0.15, -0.1) is 0 Å². The highest BCUT2D eigenvalue weighted by atomic mass is 16.3. The van der Waals surface area contributed by atoms with Crippen LogP contribution in [0.1, 0.15) is 12.7 Å². The van der Waals surface area contributed by atoms with Crippen molar-refractivity contribution in [3.05, 3.63) is 54.5 Å². The van der Waals surface area contributed by atoms with Gasteiger partial charge in [-0.3, -0.25) is 14.5 Å². The van der Waals surface area contributed by atoms with Gasteiger partial charge >= 0.3 is 6.03 Å². The van der Waals surface area contributed by atoms with Crippen LogP contribution in [0.15, 0.2) is 53.1 Å². The number of hydrogen-bond donors (Lipinski definition) is 2. The number of imide groups is 1. The van der Waals surface area contributed by atoms with Gasteiger partial charge in [-0.25, -0.2) is 4.79 Å². The molecule has 0 radical (unpaired) electrons. The van der Waals surface area contributed by atoms with Gasteiger partial charge in [-0.05, 0) is 31.2 Å². The molecule has 7 heteroatoms. The maximum Gasteiger partial charge on any atom is 0.325 e. The number of rotatable bonds is 4. The molecule has 0 bridgehead atoms. The summed E-state index contributed by atoms with van der Waals surface area (Å²) < 4.78 is 5.23. The van der Waals surface area contributed by atoms with Crippen LogP contribution in [0.2, 0.25) is 0 Å². The van der Waals surface area contributed by atoms with Gasteiger partial charge in [0.1, 0.15) is 12.3 Å². The molecule has 2 N–H and O–H groups in total. The Morgan fingerprint density at radius 1 is 1.22 bits per heavy atom. The summed E-state index contributed by atoms with van der Waals surface area (Å²) in [6, 6.07) is 11.4. The average molecular weight is 313 g/mol. The lowest BCUT2D eigenvalue weighted by atomic mass is 9.99. The number of nitrogens with one attached hydrogen (secondary N) is 2. The lowest BCUT2D eigenvalue weighted by Crippen LogP contribution is -2.41. The van der Waals surface area contributed by atoms with Crippen molar-refractivity contribution in [3.8, 4) is 0 Å². The standard InChI is InChI=1S/C16H15N3O4/c1-16(12-8-5-9-23-12)14(21)19(15(22)18-16)10-13(20)17-11-6-3-2-4-7-11/h2-9H,10H2,1H3,(H,17,20)(H,18,22)/t16-/m1/s1. The summed E-state index contributed by atoms with van der Waals surface area (Å²) in [4.78, 5) is 37.5. The van der Waals surface area contributed by atoms with E-state index >= 15 is 0 Å². The molecule has 1 aromatic heterocycles. The predicted molar refractivity (Wildman–Crippen MR) is 81.4 cm³/mol. The minimum Gasteiger partial charge on any atom is -0.466 e. The molecule has 1 aliphatic rings. The van der Waals surface area contributed by atoms with Gasteiger partial charge in [0, 0.05) is 5.69 Å². The Balaban J connectivity index is 1.72. The molecule has 1 atom stereocenters. The van der Waals surface area contributed by atoms with E-state index in [4.69, 9.17) is 4.42 Å². The number of carbonyl (C=O) groups excluding carboxylic acids is 3. The Labute approximate surface area is 132 Å². The van der Waals surface area contributed by atoms with E-state index in [2.05, 4.69) is 10.6 Å². The van der Waals surface area contributed by atoms with Crippen molar-refractivity contribution in [1.82, 2.24) is 10.2 Å². The second kappa shape index (κ2) is 5.60. The van der Waals surface area contributed by atoms with E-state index in [9.17, 15) is 14.4 Å². The molecule has 4 amide bonds. The van der Waals surface area contributed by atoms with Gasteiger partial charge in [0.25, 0.3) is 5.91 Å². The Morgan fingerprint density at radius 3 is 2.61 bits per heavy atom. The van der Waals surface area contributed by atoms with Crippen LogP contribution in [-0.4, -0.2) is 29.3 Å². The maximum absolute atomic E-state index is 12.5. The van der Waals surface area contributed by atoms with E-state index in [1.165, 1.54) is 6.26 Å². The number of nitrogens with zero attached hydrogens (tertiary/aromatic N) is 1. The third-order valence-corrected chi connectivity index (χ3v) is 3.65. The molecule has 23 heavy (non-hydrogen) atoms. The first-order chi connectivity index (χ1) is 11.0. The Bertz CT molecular complexity index is 742. The number of urea groups is 1. The van der Waals surface area contributed by atoms with Crippen LogP contribution in [0, 0.1) is 0 Å². The molecular formula is C16H15N3O4. The molecule has 0 aliphatic carbocycles. The Kier molecular flexibility index (Phi) is 3.61. The van der Waals surface area contributed by atoms with Crippen molar-refractivity contribution in [2.45, 2.75) is 12.5 Å². The average Bonchev–Trinajstić information content (AvgIpc) is 3.13. The summed E-state index contributed by atoms with van der Waals surface area (Å²) in [6.07, 6.45) is 1.42. The summed E-state index contributed by atoms with van der Waals surface area (Å²) in [5, 5.41) is 5.20. The largest absolute Gasteiger partial charge is 0.466 e. The molecule has 7 nitrogen and oxygen atoms in total. The maximum atomic E-state index is 12.5. The van der Waals surface area contributed by atoms with E-state index in [0.29, 0.717) is 11.4 Å². The van der Waals surface area contributed by atoms with Gasteiger partial charge in [0.05, 0.1) is 6.26 Å². The molecule has 1 aliphatic heterocycles. The summed E-state index contributed by atoms with van der Waals surface area (Å²) >= 11 is 0. The number of amides is 4. The lowest BCUT2D eigenvalue weighted by molar-refractivity contribution is -0.134. The van der Waals surface area contributed by atoms with E-state index < -0.39 is 23.4 Å². The third-order valence-electron chi connectivity index (χ3n) is 3.65. The number of hydrogen-bond acceptors (Lipinski definition) is 4. The molecule has 2 heterocycles. The molecule has 1 aromatic carbocycles. The van der Waals surface area contributed by atoms with Crippen LogP contribution in [0.4, 0.5) is 10.5 Å². The fraction of sp³-hybridized carbons (Fsp3) is 0.188. The highest BCUT2D eigenvalue weighted by Crippen LogP contribution is 2.28. The third kappa shape index (κ3) is 2.68. The van der Waals surface area contributed by atoms with Crippen molar-refractivity contribution in [2.75, 3.05) is 11.9 Å². The highest BCUT2D eigenvalue weighted by molar-refractivity contribution is 6.09. The van der Waals surface area contributed by atoms with Crippen molar-refractivity contribution in [3.63, 3.8) is 0 Å². The summed E-state index contributed by atoms with van der Waals surface area (Å²) in [5.41, 5.74) is -0.702. The van der Waals surface area contributed by atoms with Gasteiger partial charge < -0.3 is 15.1 Å². The first-order valence-electron chi connectivity index (χ1n) is 7.04. The van der Waals surface area contributed by atoms with Crippen LogP contribution >= 0.6 is 0 Å². The molecule has 118 valence electrons. The van der Waals surface area contributed by atoms with Gasteiger partial charge in [0.15, 0.2) is 5.54 Å². The smallest absolute Gasteiger partial charge is 0.325 e. The predicted octanol–water partition coefficient (Wildman–Crippen LogP) is 1.69. The number of furan rings is 1. The number of carbonyl (C=O) groups is 3. The van der Waals surface area contributed by atoms with E-state index in [1.807, 2.05) is 6.07 Å². The second-order valence-corrected chi connectivity index (χ2v) is 5.34. The fourth-order valence-corrected chi connectivity index (χ4v) is 2.44. The van der Waals surface area contributed by atoms with Crippen LogP contribution in [0.25, 0.3) is 0 Å². The van der Waals surface area contributed by atoms with Crippen molar-refractivity contribution < 1.29 is 18.8 Å². The van der Waals surface area contributed by atoms with Crippen LogP contribution in [0.5, 0.6) is 0 Å². The molecule has 1 saturated heterocycles. The highest BCUT2D eigenvalue weighted by Gasteiger charge is 2.51. The van der Waals surface area contributed by atoms with Gasteiger partial charge in [0.2, 0.25) is 5.91 Å². The second-order valence-electron chi connectivity index (χ2n) is 5.34. The van der Waals surface area contributed by atoms with Crippen molar-refractivity contribution >= 4 is 23.5 Å². The zero-order chi connectivity index (χ0) is 16.4. The fourth-order valence-electron chi connectivity index (χ4n) is 2.44. The Morgan fingerprint density at radius 2 is 1.96 bits per heavy atom. The van der Waals surface area contributed by atoms with Gasteiger partial charge in [-0.1, -0.05) is 18.2 Å². The zero-order valence-electron chi connectivity index (χ0n) is 12.4. The number of anilines is 1. The van der Waals surface area contributed by atoms with Crippen LogP contribution in [-0.2, 0) is 15.1 Å². The summed E-state index contributed by atoms with van der Waals surface area (Å²) in [6.45, 7) is 1.18. The molecule has 2 aromatic rings. The molecule has 3 rings (SSSR count). The van der Waals surface area contributed by atoms with Crippen LogP contribution < -0.4 is 10.6 Å². The first-order valence-corrected chi connectivity index (χ1v) is 7.04. The SMILES string of the molecule is C[C@]1(c2ccco2)NC(=O)N(CC(=O)Nc2ccccc2)C1=O. The lowest BCUT2D eigenvalue weighted by Gasteiger charge is -2.18. The molecule has 0 unspecified atom stereocenters.